The first-order valence-corrected chi connectivity index (χ1v) is 11.0. The molecule has 0 bridgehead atoms. The summed E-state index contributed by atoms with van der Waals surface area (Å²) < 4.78 is 43.9. The number of ether oxygens (including phenoxy) is 1. The number of nitrogens with zero attached hydrogens (tertiary/aromatic N) is 2. The number of benzene rings is 1. The number of fused-ring (bicyclic) bond motifs is 1. The summed E-state index contributed by atoms with van der Waals surface area (Å²) in [4.78, 5) is 8.04. The molecule has 178 valence electrons. The molecule has 3 aromatic rings. The summed E-state index contributed by atoms with van der Waals surface area (Å²) in [6.07, 6.45) is -0.193. The van der Waals surface area contributed by atoms with Crippen LogP contribution >= 0.6 is 11.6 Å². The molecule has 0 radical (unpaired) electrons. The molecule has 9 heteroatoms. The molecule has 1 aromatic carbocycles. The minimum Gasteiger partial charge on any atom is -0.481 e. The summed E-state index contributed by atoms with van der Waals surface area (Å²) in [6, 6.07) is 7.57. The van der Waals surface area contributed by atoms with Crippen LogP contribution in [-0.2, 0) is 12.6 Å². The summed E-state index contributed by atoms with van der Waals surface area (Å²) in [5.41, 5.74) is 3.15. The number of halogens is 4. The van der Waals surface area contributed by atoms with Crippen LogP contribution < -0.4 is 10.1 Å². The van der Waals surface area contributed by atoms with Gasteiger partial charge in [-0.2, -0.15) is 13.2 Å². The number of aliphatic hydroxyl groups is 1. The molecule has 0 amide bonds. The molecule has 2 aromatic heterocycles. The van der Waals surface area contributed by atoms with Crippen molar-refractivity contribution in [1.29, 1.82) is 0 Å². The molecular formula is C25H23ClF3N3O2. The lowest BCUT2D eigenvalue weighted by Gasteiger charge is -2.26. The third kappa shape index (κ3) is 4.74. The smallest absolute Gasteiger partial charge is 0.433 e. The molecule has 0 aliphatic carbocycles. The summed E-state index contributed by atoms with van der Waals surface area (Å²) >= 11 is 6.75. The number of aromatic nitrogens is 2. The van der Waals surface area contributed by atoms with Crippen molar-refractivity contribution in [3.8, 4) is 5.88 Å². The van der Waals surface area contributed by atoms with E-state index in [0.29, 0.717) is 32.6 Å². The predicted molar refractivity (Wildman–Crippen MR) is 125 cm³/mol. The minimum atomic E-state index is -4.51. The highest BCUT2D eigenvalue weighted by Crippen LogP contribution is 2.37. The first kappa shape index (κ1) is 24.0. The third-order valence-electron chi connectivity index (χ3n) is 5.79. The van der Waals surface area contributed by atoms with E-state index in [-0.39, 0.29) is 18.3 Å². The van der Waals surface area contributed by atoms with Crippen molar-refractivity contribution < 1.29 is 23.0 Å². The Hall–Kier alpha value is -3.10. The average molecular weight is 490 g/mol. The second kappa shape index (κ2) is 9.27. The molecule has 0 spiro atoms. The van der Waals surface area contributed by atoms with Gasteiger partial charge in [0.05, 0.1) is 17.6 Å². The van der Waals surface area contributed by atoms with Crippen molar-refractivity contribution in [3.05, 3.63) is 87.4 Å². The Kier molecular flexibility index (Phi) is 6.55. The molecule has 0 saturated heterocycles. The zero-order valence-corrected chi connectivity index (χ0v) is 19.5. The van der Waals surface area contributed by atoms with E-state index in [0.717, 1.165) is 17.3 Å². The Bertz CT molecular complexity index is 1290. The molecule has 2 atom stereocenters. The van der Waals surface area contributed by atoms with Crippen LogP contribution in [0.4, 0.5) is 13.2 Å². The minimum absolute atomic E-state index is 0.0390. The second-order valence-corrected chi connectivity index (χ2v) is 8.58. The van der Waals surface area contributed by atoms with E-state index in [4.69, 9.17) is 16.3 Å². The summed E-state index contributed by atoms with van der Waals surface area (Å²) in [5.74, 6) is 0.277. The molecule has 2 unspecified atom stereocenters. The highest BCUT2D eigenvalue weighted by atomic mass is 35.5. The van der Waals surface area contributed by atoms with Gasteiger partial charge in [0.1, 0.15) is 11.8 Å². The molecule has 0 fully saturated rings. The molecule has 0 saturated carbocycles. The first-order chi connectivity index (χ1) is 16.1. The van der Waals surface area contributed by atoms with Crippen LogP contribution in [0.3, 0.4) is 0 Å². The highest BCUT2D eigenvalue weighted by Gasteiger charge is 2.32. The van der Waals surface area contributed by atoms with Gasteiger partial charge < -0.3 is 15.2 Å². The molecule has 34 heavy (non-hydrogen) atoms. The van der Waals surface area contributed by atoms with Crippen molar-refractivity contribution in [3.63, 3.8) is 0 Å². The van der Waals surface area contributed by atoms with Crippen molar-refractivity contribution in [2.24, 2.45) is 0 Å². The van der Waals surface area contributed by atoms with Crippen molar-refractivity contribution in [2.75, 3.05) is 7.11 Å². The number of alkyl halides is 3. The van der Waals surface area contributed by atoms with Crippen molar-refractivity contribution in [2.45, 2.75) is 38.6 Å². The van der Waals surface area contributed by atoms with Gasteiger partial charge in [-0.05, 0) is 54.8 Å². The molecular weight excluding hydrogens is 467 g/mol. The number of hydrogen-bond acceptors (Lipinski definition) is 5. The van der Waals surface area contributed by atoms with Gasteiger partial charge in [0.25, 0.3) is 0 Å². The van der Waals surface area contributed by atoms with Gasteiger partial charge in [-0.25, -0.2) is 4.98 Å². The largest absolute Gasteiger partial charge is 0.481 e. The number of methoxy groups -OCH3 is 1. The fraction of sp³-hybridized carbons (Fsp3) is 0.280. The number of nitrogens with one attached hydrogen (secondary N) is 1. The summed E-state index contributed by atoms with van der Waals surface area (Å²) in [5, 5.41) is 15.3. The standard InChI is InChI=1S/C25H23ClF3N3O2/c1-13-4-7-17(14(2)31-13)23(33)16-6-8-20-18(11-16)22(26)19(24(32-20)34-3)10-15-5-9-21(30-12-15)25(27,28)29/h4-9,11-12,14,23,31,33H,10H2,1-3H3. The third-order valence-corrected chi connectivity index (χ3v) is 6.22. The fourth-order valence-electron chi connectivity index (χ4n) is 4.01. The van der Waals surface area contributed by atoms with Crippen molar-refractivity contribution >= 4 is 22.5 Å². The van der Waals surface area contributed by atoms with Gasteiger partial charge in [-0.1, -0.05) is 29.8 Å². The monoisotopic (exact) mass is 489 g/mol. The van der Waals surface area contributed by atoms with Crippen LogP contribution in [-0.4, -0.2) is 28.2 Å². The van der Waals surface area contributed by atoms with E-state index >= 15 is 0 Å². The van der Waals surface area contributed by atoms with Gasteiger partial charge in [-0.15, -0.1) is 0 Å². The Morgan fingerprint density at radius 3 is 2.59 bits per heavy atom. The Balaban J connectivity index is 1.72. The molecule has 1 aliphatic rings. The molecule has 2 N–H and O–H groups in total. The van der Waals surface area contributed by atoms with Crippen LogP contribution in [0.2, 0.25) is 5.02 Å². The number of aliphatic hydroxyl groups excluding tert-OH is 1. The molecule has 4 rings (SSSR count). The Labute approximate surface area is 199 Å². The fourth-order valence-corrected chi connectivity index (χ4v) is 4.31. The number of hydrogen-bond donors (Lipinski definition) is 2. The van der Waals surface area contributed by atoms with E-state index < -0.39 is 18.0 Å². The topological polar surface area (TPSA) is 67.3 Å². The van der Waals surface area contributed by atoms with Gasteiger partial charge in [0.2, 0.25) is 5.88 Å². The Morgan fingerprint density at radius 2 is 1.97 bits per heavy atom. The number of dihydropyridines is 1. The van der Waals surface area contributed by atoms with Crippen molar-refractivity contribution in [1.82, 2.24) is 15.3 Å². The molecule has 5 nitrogen and oxygen atoms in total. The summed E-state index contributed by atoms with van der Waals surface area (Å²) in [7, 11) is 1.45. The average Bonchev–Trinajstić information content (AvgIpc) is 2.80. The highest BCUT2D eigenvalue weighted by molar-refractivity contribution is 6.36. The lowest BCUT2D eigenvalue weighted by atomic mass is 9.93. The van der Waals surface area contributed by atoms with Gasteiger partial charge in [-0.3, -0.25) is 4.98 Å². The van der Waals surface area contributed by atoms with Gasteiger partial charge >= 0.3 is 6.18 Å². The number of allylic oxidation sites excluding steroid dienone is 3. The predicted octanol–water partition coefficient (Wildman–Crippen LogP) is 5.76. The maximum absolute atomic E-state index is 12.8. The van der Waals surface area contributed by atoms with E-state index in [2.05, 4.69) is 15.3 Å². The van der Waals surface area contributed by atoms with E-state index in [1.165, 1.54) is 19.4 Å². The van der Waals surface area contributed by atoms with Crippen LogP contribution in [0.15, 0.2) is 60.0 Å². The van der Waals surface area contributed by atoms with E-state index in [1.807, 2.05) is 26.0 Å². The Morgan fingerprint density at radius 1 is 1.21 bits per heavy atom. The second-order valence-electron chi connectivity index (χ2n) is 8.20. The van der Waals surface area contributed by atoms with Crippen LogP contribution in [0.25, 0.3) is 10.9 Å². The number of rotatable bonds is 5. The normalized spacial score (nSPS) is 17.1. The SMILES string of the molecule is COc1nc2ccc(C(O)C3=CC=C(C)NC3C)cc2c(Cl)c1Cc1ccc(C(F)(F)F)nc1. The van der Waals surface area contributed by atoms with Crippen LogP contribution in [0.5, 0.6) is 5.88 Å². The molecule has 3 heterocycles. The zero-order valence-electron chi connectivity index (χ0n) is 18.7. The maximum Gasteiger partial charge on any atom is 0.433 e. The van der Waals surface area contributed by atoms with Crippen LogP contribution in [0.1, 0.15) is 42.3 Å². The van der Waals surface area contributed by atoms with E-state index in [9.17, 15) is 18.3 Å². The lowest BCUT2D eigenvalue weighted by Crippen LogP contribution is -2.31. The summed E-state index contributed by atoms with van der Waals surface area (Å²) in [6.45, 7) is 3.93. The molecule has 1 aliphatic heterocycles. The first-order valence-electron chi connectivity index (χ1n) is 10.6. The van der Waals surface area contributed by atoms with E-state index in [1.54, 1.807) is 18.2 Å². The quantitative estimate of drug-likeness (QED) is 0.477. The van der Waals surface area contributed by atoms with Gasteiger partial charge in [0, 0.05) is 35.3 Å². The lowest BCUT2D eigenvalue weighted by molar-refractivity contribution is -0.141. The zero-order chi connectivity index (χ0) is 24.6. The number of pyridine rings is 2. The van der Waals surface area contributed by atoms with Crippen LogP contribution in [0, 0.1) is 0 Å². The van der Waals surface area contributed by atoms with Gasteiger partial charge in [0.15, 0.2) is 0 Å². The maximum atomic E-state index is 12.8.